The largest absolute Gasteiger partial charge is 0.465 e. The number of carbonyl (C=O) groups excluding carboxylic acids is 3. The van der Waals surface area contributed by atoms with Gasteiger partial charge in [0.25, 0.3) is 5.91 Å². The van der Waals surface area contributed by atoms with Crippen LogP contribution in [0.4, 0.5) is 18.0 Å². The minimum atomic E-state index is -4.60. The zero-order valence-corrected chi connectivity index (χ0v) is 19.5. The van der Waals surface area contributed by atoms with Crippen molar-refractivity contribution in [2.75, 3.05) is 6.54 Å². The fourth-order valence-corrected chi connectivity index (χ4v) is 4.35. The van der Waals surface area contributed by atoms with E-state index >= 15 is 0 Å². The number of Topliss-reactive ketones (excluding diaryl/α,β-unsaturated/α-hetero) is 1. The molecule has 1 aliphatic rings. The lowest BCUT2D eigenvalue weighted by atomic mass is 9.78. The smallest absolute Gasteiger partial charge is 0.416 e. The lowest BCUT2D eigenvalue weighted by Crippen LogP contribution is -2.57. The van der Waals surface area contributed by atoms with Crippen molar-refractivity contribution in [2.24, 2.45) is 5.92 Å². The van der Waals surface area contributed by atoms with Crippen LogP contribution in [-0.4, -0.2) is 57.9 Å². The van der Waals surface area contributed by atoms with Crippen LogP contribution < -0.4 is 10.6 Å². The number of amides is 3. The van der Waals surface area contributed by atoms with Crippen molar-refractivity contribution in [1.29, 1.82) is 0 Å². The number of nitrogens with one attached hydrogen (secondary N) is 2. The van der Waals surface area contributed by atoms with Gasteiger partial charge in [0, 0.05) is 29.1 Å². The van der Waals surface area contributed by atoms with Crippen molar-refractivity contribution in [1.82, 2.24) is 15.5 Å². The van der Waals surface area contributed by atoms with E-state index < -0.39 is 53.7 Å². The summed E-state index contributed by atoms with van der Waals surface area (Å²) in [6.07, 6.45) is -4.63. The molecule has 0 radical (unpaired) electrons. The summed E-state index contributed by atoms with van der Waals surface area (Å²) in [4.78, 5) is 50.0. The monoisotopic (exact) mass is 485 g/mol. The molecule has 0 aromatic heterocycles. The quantitative estimate of drug-likeness (QED) is 0.571. The first-order chi connectivity index (χ1) is 15.6. The first-order valence-corrected chi connectivity index (χ1v) is 10.9. The van der Waals surface area contributed by atoms with E-state index in [1.807, 2.05) is 0 Å². The highest BCUT2D eigenvalue weighted by molar-refractivity contribution is 5.96. The number of hydrogen-bond donors (Lipinski definition) is 3. The first-order valence-electron chi connectivity index (χ1n) is 10.9. The maximum absolute atomic E-state index is 12.8. The Kier molecular flexibility index (Phi) is 8.33. The predicted molar refractivity (Wildman–Crippen MR) is 117 cm³/mol. The van der Waals surface area contributed by atoms with Gasteiger partial charge in [0.2, 0.25) is 5.91 Å². The number of benzene rings is 1. The highest BCUT2D eigenvalue weighted by atomic mass is 19.4. The van der Waals surface area contributed by atoms with Crippen LogP contribution >= 0.6 is 0 Å². The van der Waals surface area contributed by atoms with Gasteiger partial charge in [-0.1, -0.05) is 6.07 Å². The van der Waals surface area contributed by atoms with Gasteiger partial charge >= 0.3 is 12.3 Å². The molecule has 1 fully saturated rings. The third-order valence-corrected chi connectivity index (χ3v) is 5.85. The molecule has 3 amide bonds. The van der Waals surface area contributed by atoms with E-state index in [0.29, 0.717) is 18.9 Å². The molecule has 3 N–H and O–H groups in total. The van der Waals surface area contributed by atoms with Crippen LogP contribution in [0.1, 0.15) is 62.9 Å². The molecular formula is C23H30F3N3O5. The molecule has 0 spiro atoms. The first kappa shape index (κ1) is 27.1. The van der Waals surface area contributed by atoms with E-state index in [4.69, 9.17) is 0 Å². The Balaban J connectivity index is 2.00. The fourth-order valence-electron chi connectivity index (χ4n) is 4.35. The minimum Gasteiger partial charge on any atom is -0.465 e. The van der Waals surface area contributed by atoms with Crippen molar-refractivity contribution >= 4 is 23.7 Å². The number of rotatable bonds is 6. The Hall–Kier alpha value is -3.11. The molecule has 1 aromatic rings. The zero-order chi connectivity index (χ0) is 25.8. The molecule has 1 saturated carbocycles. The number of alkyl halides is 3. The van der Waals surface area contributed by atoms with Crippen LogP contribution in [0.25, 0.3) is 0 Å². The van der Waals surface area contributed by atoms with E-state index in [1.165, 1.54) is 17.9 Å². The van der Waals surface area contributed by atoms with Gasteiger partial charge in [-0.05, 0) is 65.2 Å². The fraction of sp³-hybridized carbons (Fsp3) is 0.565. The second-order valence-electron chi connectivity index (χ2n) is 9.44. The zero-order valence-electron chi connectivity index (χ0n) is 19.5. The summed E-state index contributed by atoms with van der Waals surface area (Å²) in [7, 11) is 0. The summed E-state index contributed by atoms with van der Waals surface area (Å²) in [6, 6.07) is 2.92. The van der Waals surface area contributed by atoms with Gasteiger partial charge in [0.05, 0.1) is 12.1 Å². The van der Waals surface area contributed by atoms with Gasteiger partial charge in [0.1, 0.15) is 5.78 Å². The molecule has 2 rings (SSSR count). The number of halogens is 3. The van der Waals surface area contributed by atoms with E-state index in [2.05, 4.69) is 10.6 Å². The number of carbonyl (C=O) groups is 4. The molecule has 8 nitrogen and oxygen atoms in total. The Morgan fingerprint density at radius 3 is 2.29 bits per heavy atom. The van der Waals surface area contributed by atoms with Crippen LogP contribution in [0.5, 0.6) is 0 Å². The van der Waals surface area contributed by atoms with Gasteiger partial charge in [-0.25, -0.2) is 4.79 Å². The van der Waals surface area contributed by atoms with E-state index in [9.17, 15) is 37.5 Å². The molecule has 34 heavy (non-hydrogen) atoms. The molecule has 11 heteroatoms. The molecule has 1 aliphatic carbocycles. The summed E-state index contributed by atoms with van der Waals surface area (Å²) >= 11 is 0. The van der Waals surface area contributed by atoms with E-state index in [-0.39, 0.29) is 23.8 Å². The maximum atomic E-state index is 12.8. The lowest BCUT2D eigenvalue weighted by Gasteiger charge is -2.45. The molecular weight excluding hydrogens is 455 g/mol. The minimum absolute atomic E-state index is 0.192. The van der Waals surface area contributed by atoms with E-state index in [1.54, 1.807) is 20.8 Å². The Morgan fingerprint density at radius 1 is 1.12 bits per heavy atom. The Labute approximate surface area is 195 Å². The lowest BCUT2D eigenvalue weighted by molar-refractivity contribution is -0.137. The summed E-state index contributed by atoms with van der Waals surface area (Å²) in [5, 5.41) is 14.6. The van der Waals surface area contributed by atoms with Crippen molar-refractivity contribution in [3.63, 3.8) is 0 Å². The molecule has 0 unspecified atom stereocenters. The molecule has 3 atom stereocenters. The summed E-state index contributed by atoms with van der Waals surface area (Å²) in [5.41, 5.74) is -1.88. The van der Waals surface area contributed by atoms with Crippen LogP contribution in [0, 0.1) is 5.92 Å². The van der Waals surface area contributed by atoms with Crippen molar-refractivity contribution in [3.8, 4) is 0 Å². The number of hydrogen-bond acceptors (Lipinski definition) is 4. The Bertz CT molecular complexity index is 943. The molecule has 0 bridgehead atoms. The van der Waals surface area contributed by atoms with Crippen LogP contribution in [-0.2, 0) is 15.8 Å². The van der Waals surface area contributed by atoms with Gasteiger partial charge in [-0.3, -0.25) is 14.4 Å². The molecule has 0 aliphatic heterocycles. The van der Waals surface area contributed by atoms with Crippen molar-refractivity contribution in [3.05, 3.63) is 35.4 Å². The molecule has 188 valence electrons. The van der Waals surface area contributed by atoms with Crippen molar-refractivity contribution < 1.29 is 37.5 Å². The Morgan fingerprint density at radius 2 is 1.76 bits per heavy atom. The number of carboxylic acid groups (broad SMARTS) is 1. The summed E-state index contributed by atoms with van der Waals surface area (Å²) < 4.78 is 38.5. The molecule has 0 saturated heterocycles. The van der Waals surface area contributed by atoms with Crippen LogP contribution in [0.2, 0.25) is 0 Å². The van der Waals surface area contributed by atoms with Gasteiger partial charge in [0.15, 0.2) is 0 Å². The topological polar surface area (TPSA) is 116 Å². The molecule has 0 heterocycles. The van der Waals surface area contributed by atoms with Crippen LogP contribution in [0.3, 0.4) is 0 Å². The summed E-state index contributed by atoms with van der Waals surface area (Å²) in [5.74, 6) is -2.23. The van der Waals surface area contributed by atoms with Gasteiger partial charge < -0.3 is 20.6 Å². The van der Waals surface area contributed by atoms with Crippen molar-refractivity contribution in [2.45, 2.75) is 70.8 Å². The van der Waals surface area contributed by atoms with Gasteiger partial charge in [-0.2, -0.15) is 13.2 Å². The maximum Gasteiger partial charge on any atom is 0.416 e. The summed E-state index contributed by atoms with van der Waals surface area (Å²) in [6.45, 7) is 6.20. The third-order valence-electron chi connectivity index (χ3n) is 5.85. The highest BCUT2D eigenvalue weighted by Crippen LogP contribution is 2.33. The SMILES string of the molecule is CC(=O)[C@@H]1C[C@H](N(C(=O)O)C(C)(C)C)CC[C@@H]1NC(=O)CNC(=O)c1cccc(C(F)(F)F)c1. The standard InChI is InChI=1S/C23H30F3N3O5/c1-13(30)17-11-16(29(21(33)34)22(2,3)4)8-9-18(17)28-19(31)12-27-20(32)14-6-5-7-15(10-14)23(24,25)26/h5-7,10,16-18H,8-9,11-12H2,1-4H3,(H,27,32)(H,28,31)(H,33,34)/t16-,17+,18+/m1/s1. The van der Waals surface area contributed by atoms with E-state index in [0.717, 1.165) is 12.1 Å². The number of ketones is 1. The second-order valence-corrected chi connectivity index (χ2v) is 9.44. The van der Waals surface area contributed by atoms with Gasteiger partial charge in [-0.15, -0.1) is 0 Å². The average Bonchev–Trinajstić information content (AvgIpc) is 2.71. The van der Waals surface area contributed by atoms with Crippen LogP contribution in [0.15, 0.2) is 24.3 Å². The second kappa shape index (κ2) is 10.4. The number of nitrogens with zero attached hydrogens (tertiary/aromatic N) is 1. The highest BCUT2D eigenvalue weighted by Gasteiger charge is 2.41. The average molecular weight is 486 g/mol. The normalized spacial score (nSPS) is 20.9. The predicted octanol–water partition coefficient (Wildman–Crippen LogP) is 3.46. The molecule has 1 aromatic carbocycles. The third kappa shape index (κ3) is 6.94.